The Morgan fingerprint density at radius 1 is 1.16 bits per heavy atom. The van der Waals surface area contributed by atoms with Crippen LogP contribution >= 0.6 is 35.4 Å². The van der Waals surface area contributed by atoms with Gasteiger partial charge in [-0.1, -0.05) is 47.5 Å². The molecule has 3 aromatic carbocycles. The van der Waals surface area contributed by atoms with E-state index in [-0.39, 0.29) is 24.1 Å². The van der Waals surface area contributed by atoms with Crippen molar-refractivity contribution >= 4 is 57.8 Å². The van der Waals surface area contributed by atoms with Crippen molar-refractivity contribution in [2.24, 2.45) is 0 Å². The van der Waals surface area contributed by atoms with Crippen LogP contribution in [-0.2, 0) is 24.3 Å². The van der Waals surface area contributed by atoms with Crippen molar-refractivity contribution < 1.29 is 9.72 Å². The molecule has 4 rings (SSSR count). The molecule has 0 fully saturated rings. The van der Waals surface area contributed by atoms with Crippen molar-refractivity contribution in [2.75, 3.05) is 11.9 Å². The maximum absolute atomic E-state index is 13.0. The maximum atomic E-state index is 13.0. The summed E-state index contributed by atoms with van der Waals surface area (Å²) >= 11 is 18.4. The van der Waals surface area contributed by atoms with Crippen LogP contribution in [0.25, 0.3) is 0 Å². The van der Waals surface area contributed by atoms with Crippen molar-refractivity contribution in [3.8, 4) is 6.07 Å². The van der Waals surface area contributed by atoms with E-state index in [2.05, 4.69) is 21.7 Å². The number of benzene rings is 3. The van der Waals surface area contributed by atoms with Gasteiger partial charge in [0.15, 0.2) is 5.11 Å². The normalized spacial score (nSPS) is 11.3. The highest BCUT2D eigenvalue weighted by atomic mass is 35.5. The molecule has 13 heteroatoms. The number of carbonyl (C=O) groups is 1. The number of carbonyl (C=O) groups excluding carboxylic acids is 1. The zero-order chi connectivity index (χ0) is 30.9. The lowest BCUT2D eigenvalue weighted by molar-refractivity contribution is -0.384. The van der Waals surface area contributed by atoms with Crippen molar-refractivity contribution in [2.45, 2.75) is 32.5 Å². The third-order valence-electron chi connectivity index (χ3n) is 6.49. The van der Waals surface area contributed by atoms with Crippen LogP contribution in [-0.4, -0.2) is 43.0 Å². The Balaban J connectivity index is 1.42. The van der Waals surface area contributed by atoms with Gasteiger partial charge in [0, 0.05) is 55.4 Å². The van der Waals surface area contributed by atoms with Crippen LogP contribution in [0.15, 0.2) is 79.3 Å². The first-order chi connectivity index (χ1) is 20.6. The number of nitro groups is 1. The van der Waals surface area contributed by atoms with Crippen LogP contribution in [0.4, 0.5) is 11.4 Å². The van der Waals surface area contributed by atoms with Gasteiger partial charge in [-0.25, -0.2) is 4.98 Å². The van der Waals surface area contributed by atoms with Crippen molar-refractivity contribution in [3.63, 3.8) is 0 Å². The van der Waals surface area contributed by atoms with Gasteiger partial charge in [-0.15, -0.1) is 0 Å². The maximum Gasteiger partial charge on any atom is 0.269 e. The third kappa shape index (κ3) is 8.75. The van der Waals surface area contributed by atoms with Gasteiger partial charge in [-0.3, -0.25) is 14.9 Å². The van der Waals surface area contributed by atoms with E-state index in [0.29, 0.717) is 46.0 Å². The quantitative estimate of drug-likeness (QED) is 0.117. The number of halogens is 2. The molecule has 2 N–H and O–H groups in total. The molecule has 0 spiro atoms. The Hall–Kier alpha value is -4.50. The van der Waals surface area contributed by atoms with Crippen LogP contribution in [0.3, 0.4) is 0 Å². The number of imidazole rings is 1. The predicted molar refractivity (Wildman–Crippen MR) is 170 cm³/mol. The van der Waals surface area contributed by atoms with Crippen molar-refractivity contribution in [1.29, 1.82) is 5.26 Å². The van der Waals surface area contributed by atoms with E-state index in [4.69, 9.17) is 40.7 Å². The minimum atomic E-state index is -0.472. The molecule has 0 aliphatic carbocycles. The van der Waals surface area contributed by atoms with Crippen LogP contribution in [0.5, 0.6) is 0 Å². The Labute approximate surface area is 264 Å². The highest BCUT2D eigenvalue weighted by molar-refractivity contribution is 7.80. The number of nitriles is 1. The molecule has 4 aromatic rings. The Kier molecular flexibility index (Phi) is 10.7. The molecule has 1 amide bonds. The fourth-order valence-electron chi connectivity index (χ4n) is 4.35. The van der Waals surface area contributed by atoms with E-state index < -0.39 is 4.92 Å². The summed E-state index contributed by atoms with van der Waals surface area (Å²) in [6, 6.07) is 20.3. The first-order valence-corrected chi connectivity index (χ1v) is 14.3. The lowest BCUT2D eigenvalue weighted by Crippen LogP contribution is -2.45. The number of nitrogens with zero attached hydrogens (tertiary/aromatic N) is 5. The molecular formula is C30H27Cl2N7O3S. The summed E-state index contributed by atoms with van der Waals surface area (Å²) in [6.45, 7) is 3.02. The smallest absolute Gasteiger partial charge is 0.269 e. The summed E-state index contributed by atoms with van der Waals surface area (Å²) in [4.78, 5) is 29.6. The average molecular weight is 637 g/mol. The highest BCUT2D eigenvalue weighted by Gasteiger charge is 2.19. The van der Waals surface area contributed by atoms with E-state index in [0.717, 1.165) is 16.8 Å². The number of anilines is 1. The first kappa shape index (κ1) is 31.4. The molecular weight excluding hydrogens is 609 g/mol. The molecule has 0 radical (unpaired) electrons. The van der Waals surface area contributed by atoms with Crippen molar-refractivity contribution in [1.82, 2.24) is 19.8 Å². The zero-order valence-corrected chi connectivity index (χ0v) is 25.4. The topological polar surface area (TPSA) is 129 Å². The summed E-state index contributed by atoms with van der Waals surface area (Å²) < 4.78 is 1.89. The zero-order valence-electron chi connectivity index (χ0n) is 23.0. The van der Waals surface area contributed by atoms with E-state index in [1.165, 1.54) is 12.1 Å². The molecule has 220 valence electrons. The number of aromatic nitrogens is 2. The summed E-state index contributed by atoms with van der Waals surface area (Å²) in [5, 5.41) is 27.3. The second-order valence-electron chi connectivity index (χ2n) is 9.79. The molecule has 10 nitrogen and oxygen atoms in total. The van der Waals surface area contributed by atoms with Gasteiger partial charge >= 0.3 is 0 Å². The van der Waals surface area contributed by atoms with E-state index >= 15 is 0 Å². The fraction of sp³-hybridized carbons (Fsp3) is 0.200. The van der Waals surface area contributed by atoms with Gasteiger partial charge in [0.25, 0.3) is 5.69 Å². The molecule has 1 atom stereocenters. The summed E-state index contributed by atoms with van der Waals surface area (Å²) in [5.74, 6) is -0.191. The van der Waals surface area contributed by atoms with E-state index in [9.17, 15) is 14.9 Å². The van der Waals surface area contributed by atoms with E-state index in [1.54, 1.807) is 48.9 Å². The van der Waals surface area contributed by atoms with Crippen LogP contribution < -0.4 is 10.6 Å². The number of amides is 1. The van der Waals surface area contributed by atoms with Crippen molar-refractivity contribution in [3.05, 3.63) is 122 Å². The number of rotatable bonds is 11. The Morgan fingerprint density at radius 2 is 1.88 bits per heavy atom. The van der Waals surface area contributed by atoms with Crippen LogP contribution in [0.2, 0.25) is 10.0 Å². The molecule has 0 aliphatic rings. The molecule has 1 heterocycles. The summed E-state index contributed by atoms with van der Waals surface area (Å²) in [5.41, 5.74) is 3.59. The molecule has 0 bridgehead atoms. The van der Waals surface area contributed by atoms with Gasteiger partial charge < -0.3 is 20.1 Å². The minimum Gasteiger partial charge on any atom is -0.352 e. The Bertz CT molecular complexity index is 1650. The summed E-state index contributed by atoms with van der Waals surface area (Å²) in [6.07, 6.45) is 3.44. The van der Waals surface area contributed by atoms with E-state index in [1.807, 2.05) is 34.6 Å². The second-order valence-corrected chi connectivity index (χ2v) is 11.0. The fourth-order valence-corrected chi connectivity index (χ4v) is 4.99. The molecule has 43 heavy (non-hydrogen) atoms. The molecule has 0 aliphatic heterocycles. The average Bonchev–Trinajstić information content (AvgIpc) is 3.41. The molecule has 1 aromatic heterocycles. The number of non-ortho nitro benzene ring substituents is 1. The molecule has 0 unspecified atom stereocenters. The monoisotopic (exact) mass is 635 g/mol. The van der Waals surface area contributed by atoms with Gasteiger partial charge in [-0.2, -0.15) is 5.26 Å². The summed E-state index contributed by atoms with van der Waals surface area (Å²) in [7, 11) is 0. The van der Waals surface area contributed by atoms with Gasteiger partial charge in [-0.05, 0) is 60.6 Å². The number of hydrogen-bond acceptors (Lipinski definition) is 6. The number of thiocarbonyl (C=S) groups is 1. The van der Waals surface area contributed by atoms with Crippen LogP contribution in [0.1, 0.15) is 29.3 Å². The van der Waals surface area contributed by atoms with Crippen LogP contribution in [0, 0.1) is 21.4 Å². The van der Waals surface area contributed by atoms with Gasteiger partial charge in [0.05, 0.1) is 39.3 Å². The molecule has 0 saturated heterocycles. The Morgan fingerprint density at radius 3 is 2.56 bits per heavy atom. The number of nitro benzene ring substituents is 1. The number of hydrogen-bond donors (Lipinski definition) is 2. The van der Waals surface area contributed by atoms with Gasteiger partial charge in [0.2, 0.25) is 5.91 Å². The minimum absolute atomic E-state index is 0.0337. The lowest BCUT2D eigenvalue weighted by atomic mass is 10.1. The third-order valence-corrected chi connectivity index (χ3v) is 7.71. The first-order valence-electron chi connectivity index (χ1n) is 13.1. The largest absolute Gasteiger partial charge is 0.352 e. The second kappa shape index (κ2) is 14.6. The predicted octanol–water partition coefficient (Wildman–Crippen LogP) is 5.96. The molecule has 0 saturated carbocycles. The number of nitrogens with one attached hydrogen (secondary N) is 2. The SMILES string of the molecule is C[C@@H](CN(Cc1cccc(Cl)c1Cl)C(=S)Nc1ccc([N+](=O)[O-])cc1)NC(=O)Cc1cncn1Cc1ccc(C#N)cc1. The van der Waals surface area contributed by atoms with Gasteiger partial charge in [0.1, 0.15) is 0 Å². The standard InChI is InChI=1S/C30H27Cl2N7O3S/c1-20(35-28(40)13-26-15-34-19-38(26)17-22-7-5-21(14-33)6-8-22)16-37(18-23-3-2-4-27(31)29(23)32)30(43)36-24-9-11-25(12-10-24)39(41)42/h2-12,15,19-20H,13,16-18H2,1H3,(H,35,40)(H,36,43)/t20-/m0/s1. The lowest BCUT2D eigenvalue weighted by Gasteiger charge is -2.29. The highest BCUT2D eigenvalue weighted by Crippen LogP contribution is 2.27.